The van der Waals surface area contributed by atoms with Gasteiger partial charge < -0.3 is 24.8 Å². The fraction of sp³-hybridized carbons (Fsp3) is 0.533. The van der Waals surface area contributed by atoms with Gasteiger partial charge in [-0.15, -0.1) is 0 Å². The number of nitrogens with two attached hydrogens (primary N) is 1. The Bertz CT molecular complexity index is 469. The largest absolute Gasteiger partial charge is 0.465 e. The zero-order valence-electron chi connectivity index (χ0n) is 13.1. The number of ether oxygens (including phenoxy) is 3. The van der Waals surface area contributed by atoms with Crippen molar-refractivity contribution in [1.82, 2.24) is 0 Å². The molecule has 1 rings (SSSR count). The minimum atomic E-state index is -0.434. The maximum atomic E-state index is 11.8. The van der Waals surface area contributed by atoms with Crippen molar-refractivity contribution >= 4 is 17.3 Å². The molecule has 0 heterocycles. The maximum absolute atomic E-state index is 11.8. The highest BCUT2D eigenvalue weighted by Crippen LogP contribution is 2.26. The number of nitrogen functional groups attached to an aromatic ring is 1. The van der Waals surface area contributed by atoms with Crippen molar-refractivity contribution in [2.24, 2.45) is 0 Å². The molecule has 1 aromatic rings. The highest BCUT2D eigenvalue weighted by molar-refractivity contribution is 5.97. The van der Waals surface area contributed by atoms with E-state index in [-0.39, 0.29) is 0 Å². The Labute approximate surface area is 125 Å². The topological polar surface area (TPSA) is 74.0 Å². The molecule has 0 amide bonds. The van der Waals surface area contributed by atoms with E-state index in [0.717, 1.165) is 11.3 Å². The highest BCUT2D eigenvalue weighted by Gasteiger charge is 2.16. The van der Waals surface area contributed by atoms with Gasteiger partial charge in [-0.2, -0.15) is 0 Å². The Morgan fingerprint density at radius 2 is 1.71 bits per heavy atom. The van der Waals surface area contributed by atoms with Crippen LogP contribution in [0.4, 0.5) is 11.4 Å². The second-order valence-electron chi connectivity index (χ2n) is 4.69. The van der Waals surface area contributed by atoms with Crippen LogP contribution < -0.4 is 10.6 Å². The fourth-order valence-corrected chi connectivity index (χ4v) is 2.01. The van der Waals surface area contributed by atoms with Gasteiger partial charge in [0, 0.05) is 38.7 Å². The standard InChI is InChI=1S/C15H24N2O4/c1-11-9-12(10-13(14(11)16)15(18)21-4)17(5-7-19-2)6-8-20-3/h9-10H,5-8,16H2,1-4H3. The summed E-state index contributed by atoms with van der Waals surface area (Å²) in [6.45, 7) is 4.44. The molecule has 0 spiro atoms. The van der Waals surface area contributed by atoms with Gasteiger partial charge in [0.05, 0.1) is 25.9 Å². The van der Waals surface area contributed by atoms with Gasteiger partial charge in [0.1, 0.15) is 0 Å². The zero-order valence-corrected chi connectivity index (χ0v) is 13.1. The van der Waals surface area contributed by atoms with Gasteiger partial charge in [-0.05, 0) is 24.6 Å². The number of anilines is 2. The second kappa shape index (κ2) is 8.49. The van der Waals surface area contributed by atoms with Gasteiger partial charge in [0.15, 0.2) is 0 Å². The molecule has 0 unspecified atom stereocenters. The van der Waals surface area contributed by atoms with Gasteiger partial charge in [-0.25, -0.2) is 4.79 Å². The van der Waals surface area contributed by atoms with E-state index in [0.29, 0.717) is 37.6 Å². The number of carbonyl (C=O) groups is 1. The van der Waals surface area contributed by atoms with Crippen LogP contribution in [0.2, 0.25) is 0 Å². The first-order valence-corrected chi connectivity index (χ1v) is 6.76. The molecule has 0 saturated heterocycles. The molecule has 0 radical (unpaired) electrons. The van der Waals surface area contributed by atoms with E-state index in [4.69, 9.17) is 19.9 Å². The summed E-state index contributed by atoms with van der Waals surface area (Å²) in [4.78, 5) is 13.9. The van der Waals surface area contributed by atoms with E-state index in [1.165, 1.54) is 7.11 Å². The summed E-state index contributed by atoms with van der Waals surface area (Å²) >= 11 is 0. The molecule has 2 N–H and O–H groups in total. The van der Waals surface area contributed by atoms with Crippen LogP contribution in [-0.2, 0) is 14.2 Å². The Kier molecular flexibility index (Phi) is 6.98. The van der Waals surface area contributed by atoms with Crippen LogP contribution in [0.15, 0.2) is 12.1 Å². The van der Waals surface area contributed by atoms with E-state index in [1.54, 1.807) is 20.3 Å². The van der Waals surface area contributed by atoms with E-state index in [1.807, 2.05) is 13.0 Å². The van der Waals surface area contributed by atoms with E-state index in [2.05, 4.69) is 4.90 Å². The number of carbonyl (C=O) groups excluding carboxylic acids is 1. The summed E-state index contributed by atoms with van der Waals surface area (Å²) in [5.41, 5.74) is 8.53. The van der Waals surface area contributed by atoms with Crippen LogP contribution >= 0.6 is 0 Å². The number of benzene rings is 1. The van der Waals surface area contributed by atoms with Gasteiger partial charge in [0.25, 0.3) is 0 Å². The van der Waals surface area contributed by atoms with Gasteiger partial charge >= 0.3 is 5.97 Å². The van der Waals surface area contributed by atoms with Gasteiger partial charge in [0.2, 0.25) is 0 Å². The van der Waals surface area contributed by atoms with Crippen molar-refractivity contribution < 1.29 is 19.0 Å². The third kappa shape index (κ3) is 4.61. The summed E-state index contributed by atoms with van der Waals surface area (Å²) in [6, 6.07) is 3.70. The van der Waals surface area contributed by atoms with Crippen LogP contribution in [0.1, 0.15) is 15.9 Å². The van der Waals surface area contributed by atoms with Crippen LogP contribution in [0, 0.1) is 6.92 Å². The van der Waals surface area contributed by atoms with Crippen molar-refractivity contribution in [3.63, 3.8) is 0 Å². The average Bonchev–Trinajstić information content (AvgIpc) is 2.49. The molecule has 0 aromatic heterocycles. The maximum Gasteiger partial charge on any atom is 0.340 e. The van der Waals surface area contributed by atoms with E-state index >= 15 is 0 Å². The molecule has 0 saturated carbocycles. The molecule has 0 aliphatic heterocycles. The highest BCUT2D eigenvalue weighted by atomic mass is 16.5. The van der Waals surface area contributed by atoms with Crippen LogP contribution in [0.3, 0.4) is 0 Å². The molecule has 6 heteroatoms. The summed E-state index contributed by atoms with van der Waals surface area (Å²) in [5, 5.41) is 0. The third-order valence-corrected chi connectivity index (χ3v) is 3.27. The molecule has 0 bridgehead atoms. The monoisotopic (exact) mass is 296 g/mol. The molecule has 0 aliphatic rings. The first-order chi connectivity index (χ1) is 10.0. The number of hydrogen-bond donors (Lipinski definition) is 1. The predicted octanol–water partition coefficient (Wildman–Crippen LogP) is 1.46. The normalized spacial score (nSPS) is 10.5. The van der Waals surface area contributed by atoms with Crippen molar-refractivity contribution in [1.29, 1.82) is 0 Å². The lowest BCUT2D eigenvalue weighted by Gasteiger charge is -2.25. The zero-order chi connectivity index (χ0) is 15.8. The quantitative estimate of drug-likeness (QED) is 0.578. The summed E-state index contributed by atoms with van der Waals surface area (Å²) in [5.74, 6) is -0.434. The van der Waals surface area contributed by atoms with Crippen LogP contribution in [-0.4, -0.2) is 53.6 Å². The minimum Gasteiger partial charge on any atom is -0.465 e. The fourth-order valence-electron chi connectivity index (χ4n) is 2.01. The summed E-state index contributed by atoms with van der Waals surface area (Å²) < 4.78 is 15.0. The minimum absolute atomic E-state index is 0.382. The number of hydrogen-bond acceptors (Lipinski definition) is 6. The average molecular weight is 296 g/mol. The third-order valence-electron chi connectivity index (χ3n) is 3.27. The molecule has 6 nitrogen and oxygen atoms in total. The number of nitrogens with zero attached hydrogens (tertiary/aromatic N) is 1. The van der Waals surface area contributed by atoms with E-state index < -0.39 is 5.97 Å². The predicted molar refractivity (Wildman–Crippen MR) is 82.9 cm³/mol. The van der Waals surface area contributed by atoms with Crippen molar-refractivity contribution in [3.8, 4) is 0 Å². The first kappa shape index (κ1) is 17.3. The Hall–Kier alpha value is -1.79. The van der Waals surface area contributed by atoms with Gasteiger partial charge in [-0.1, -0.05) is 0 Å². The molecule has 1 aromatic carbocycles. The second-order valence-corrected chi connectivity index (χ2v) is 4.69. The smallest absolute Gasteiger partial charge is 0.340 e. The SMILES string of the molecule is COCCN(CCOC)c1cc(C)c(N)c(C(=O)OC)c1. The first-order valence-electron chi connectivity index (χ1n) is 6.76. The Morgan fingerprint density at radius 3 is 2.19 bits per heavy atom. The number of aryl methyl sites for hydroxylation is 1. The lowest BCUT2D eigenvalue weighted by Crippen LogP contribution is -2.31. The molecular formula is C15H24N2O4. The van der Waals surface area contributed by atoms with E-state index in [9.17, 15) is 4.79 Å². The molecule has 118 valence electrons. The molecule has 0 atom stereocenters. The summed E-state index contributed by atoms with van der Waals surface area (Å²) in [7, 11) is 4.66. The molecule has 21 heavy (non-hydrogen) atoms. The van der Waals surface area contributed by atoms with Crippen molar-refractivity contribution in [2.45, 2.75) is 6.92 Å². The number of methoxy groups -OCH3 is 3. The molecular weight excluding hydrogens is 272 g/mol. The van der Waals surface area contributed by atoms with Crippen molar-refractivity contribution in [2.75, 3.05) is 58.3 Å². The molecule has 0 fully saturated rings. The molecule has 0 aliphatic carbocycles. The number of esters is 1. The summed E-state index contributed by atoms with van der Waals surface area (Å²) in [6.07, 6.45) is 0. The lowest BCUT2D eigenvalue weighted by molar-refractivity contribution is 0.0602. The lowest BCUT2D eigenvalue weighted by atomic mass is 10.1. The Balaban J connectivity index is 3.11. The van der Waals surface area contributed by atoms with Gasteiger partial charge in [-0.3, -0.25) is 0 Å². The van der Waals surface area contributed by atoms with Crippen LogP contribution in [0.25, 0.3) is 0 Å². The number of rotatable bonds is 8. The van der Waals surface area contributed by atoms with Crippen molar-refractivity contribution in [3.05, 3.63) is 23.3 Å². The Morgan fingerprint density at radius 1 is 1.14 bits per heavy atom. The van der Waals surface area contributed by atoms with Crippen LogP contribution in [0.5, 0.6) is 0 Å².